The summed E-state index contributed by atoms with van der Waals surface area (Å²) >= 11 is 6.15. The van der Waals surface area contributed by atoms with E-state index in [9.17, 15) is 10.1 Å². The number of hydrogen-bond acceptors (Lipinski definition) is 5. The van der Waals surface area contributed by atoms with E-state index in [1.807, 2.05) is 0 Å². The van der Waals surface area contributed by atoms with Crippen molar-refractivity contribution >= 4 is 23.0 Å². The van der Waals surface area contributed by atoms with Gasteiger partial charge < -0.3 is 10.2 Å². The summed E-state index contributed by atoms with van der Waals surface area (Å²) in [7, 11) is 2.15. The molecule has 2 rings (SSSR count). The number of likely N-dealkylation sites (N-methyl/N-ethyl adjacent to an activating group) is 1. The molecule has 0 spiro atoms. The number of piperazine rings is 1. The number of hydrogen-bond donors (Lipinski definition) is 1. The standard InChI is InChI=1S/C16H25ClN4O2/c1-12(2)16(20-8-6-19(3)7-9-20)11-18-15-5-4-13(21(22)23)10-14(15)17/h4-5,10,12,16,18H,6-9,11H2,1-3H3. The molecule has 0 bridgehead atoms. The molecule has 1 aromatic carbocycles. The first-order chi connectivity index (χ1) is 10.9. The number of nitro benzene ring substituents is 1. The quantitative estimate of drug-likeness (QED) is 0.637. The minimum atomic E-state index is -0.434. The molecule has 0 aromatic heterocycles. The van der Waals surface area contributed by atoms with Gasteiger partial charge in [0.1, 0.15) is 0 Å². The number of halogens is 1. The van der Waals surface area contributed by atoms with Gasteiger partial charge in [-0.15, -0.1) is 0 Å². The lowest BCUT2D eigenvalue weighted by molar-refractivity contribution is -0.384. The maximum absolute atomic E-state index is 10.8. The van der Waals surface area contributed by atoms with Crippen LogP contribution in [-0.2, 0) is 0 Å². The van der Waals surface area contributed by atoms with Crippen LogP contribution in [0.15, 0.2) is 18.2 Å². The highest BCUT2D eigenvalue weighted by atomic mass is 35.5. The molecule has 1 aliphatic heterocycles. The van der Waals surface area contributed by atoms with Crippen molar-refractivity contribution in [2.45, 2.75) is 19.9 Å². The van der Waals surface area contributed by atoms with Crippen molar-refractivity contribution in [1.82, 2.24) is 9.80 Å². The van der Waals surface area contributed by atoms with Crippen LogP contribution in [0.4, 0.5) is 11.4 Å². The summed E-state index contributed by atoms with van der Waals surface area (Å²) in [5.41, 5.74) is 0.761. The topological polar surface area (TPSA) is 61.7 Å². The molecule has 1 fully saturated rings. The Morgan fingerprint density at radius 3 is 2.48 bits per heavy atom. The second kappa shape index (κ2) is 7.95. The predicted octanol–water partition coefficient (Wildman–Crippen LogP) is 2.93. The second-order valence-electron chi connectivity index (χ2n) is 6.45. The Bertz CT molecular complexity index is 545. The van der Waals surface area contributed by atoms with E-state index in [0.29, 0.717) is 17.0 Å². The van der Waals surface area contributed by atoms with Gasteiger partial charge in [0.25, 0.3) is 5.69 Å². The highest BCUT2D eigenvalue weighted by molar-refractivity contribution is 6.33. The zero-order valence-corrected chi connectivity index (χ0v) is 14.7. The van der Waals surface area contributed by atoms with Crippen LogP contribution in [0.2, 0.25) is 5.02 Å². The second-order valence-corrected chi connectivity index (χ2v) is 6.86. The molecular formula is C16H25ClN4O2. The Kier molecular flexibility index (Phi) is 6.21. The summed E-state index contributed by atoms with van der Waals surface area (Å²) < 4.78 is 0. The molecule has 0 amide bonds. The first-order valence-electron chi connectivity index (χ1n) is 7.99. The summed E-state index contributed by atoms with van der Waals surface area (Å²) in [5, 5.41) is 14.5. The van der Waals surface area contributed by atoms with Crippen LogP contribution in [0.25, 0.3) is 0 Å². The first kappa shape index (κ1) is 18.0. The number of nitrogens with zero attached hydrogens (tertiary/aromatic N) is 3. The van der Waals surface area contributed by atoms with Crippen molar-refractivity contribution in [1.29, 1.82) is 0 Å². The first-order valence-corrected chi connectivity index (χ1v) is 8.36. The highest BCUT2D eigenvalue weighted by Crippen LogP contribution is 2.27. The van der Waals surface area contributed by atoms with E-state index in [0.717, 1.165) is 38.4 Å². The normalized spacial score (nSPS) is 18.1. The summed E-state index contributed by atoms with van der Waals surface area (Å²) in [6.07, 6.45) is 0. The molecule has 7 heteroatoms. The molecular weight excluding hydrogens is 316 g/mol. The number of non-ortho nitro benzene ring substituents is 1. The monoisotopic (exact) mass is 340 g/mol. The van der Waals surface area contributed by atoms with Crippen molar-refractivity contribution in [3.63, 3.8) is 0 Å². The van der Waals surface area contributed by atoms with E-state index in [-0.39, 0.29) is 5.69 Å². The Morgan fingerprint density at radius 2 is 1.96 bits per heavy atom. The number of anilines is 1. The maximum atomic E-state index is 10.8. The number of benzene rings is 1. The van der Waals surface area contributed by atoms with Crippen molar-refractivity contribution in [2.75, 3.05) is 45.1 Å². The fourth-order valence-electron chi connectivity index (χ4n) is 2.92. The molecule has 1 aromatic rings. The molecule has 1 saturated heterocycles. The van der Waals surface area contributed by atoms with Gasteiger partial charge in [0.15, 0.2) is 0 Å². The van der Waals surface area contributed by atoms with Gasteiger partial charge in [-0.05, 0) is 19.0 Å². The van der Waals surface area contributed by atoms with E-state index >= 15 is 0 Å². The minimum Gasteiger partial charge on any atom is -0.382 e. The van der Waals surface area contributed by atoms with Crippen LogP contribution in [0, 0.1) is 16.0 Å². The molecule has 0 aliphatic carbocycles. The van der Waals surface area contributed by atoms with E-state index in [1.165, 1.54) is 12.1 Å². The fourth-order valence-corrected chi connectivity index (χ4v) is 3.16. The molecule has 1 heterocycles. The van der Waals surface area contributed by atoms with Gasteiger partial charge in [-0.1, -0.05) is 25.4 Å². The van der Waals surface area contributed by atoms with Gasteiger partial charge in [-0.2, -0.15) is 0 Å². The Labute approximate surface area is 142 Å². The smallest absolute Gasteiger partial charge is 0.271 e. The van der Waals surface area contributed by atoms with E-state index in [2.05, 4.69) is 36.0 Å². The molecule has 0 saturated carbocycles. The third-order valence-corrected chi connectivity index (χ3v) is 4.75. The number of rotatable bonds is 6. The predicted molar refractivity (Wildman–Crippen MR) is 94.3 cm³/mol. The van der Waals surface area contributed by atoms with Crippen LogP contribution in [-0.4, -0.2) is 60.5 Å². The summed E-state index contributed by atoms with van der Waals surface area (Å²) in [5.74, 6) is 0.516. The lowest BCUT2D eigenvalue weighted by atomic mass is 10.0. The van der Waals surface area contributed by atoms with Crippen LogP contribution >= 0.6 is 11.6 Å². The van der Waals surface area contributed by atoms with Gasteiger partial charge in [-0.3, -0.25) is 15.0 Å². The third-order valence-electron chi connectivity index (χ3n) is 4.44. The number of nitrogens with one attached hydrogen (secondary N) is 1. The fraction of sp³-hybridized carbons (Fsp3) is 0.625. The molecule has 0 radical (unpaired) electrons. The molecule has 1 unspecified atom stereocenters. The van der Waals surface area contributed by atoms with Crippen LogP contribution in [0.5, 0.6) is 0 Å². The largest absolute Gasteiger partial charge is 0.382 e. The lowest BCUT2D eigenvalue weighted by Crippen LogP contribution is -2.52. The van der Waals surface area contributed by atoms with Gasteiger partial charge in [0, 0.05) is 50.9 Å². The average Bonchev–Trinajstić information content (AvgIpc) is 2.50. The molecule has 1 N–H and O–H groups in total. The molecule has 1 aliphatic rings. The van der Waals surface area contributed by atoms with E-state index in [1.54, 1.807) is 6.07 Å². The molecule has 23 heavy (non-hydrogen) atoms. The maximum Gasteiger partial charge on any atom is 0.271 e. The number of nitro groups is 1. The molecule has 1 atom stereocenters. The third kappa shape index (κ3) is 4.80. The minimum absolute atomic E-state index is 0.0139. The van der Waals surface area contributed by atoms with Gasteiger partial charge in [0.2, 0.25) is 0 Å². The summed E-state index contributed by atoms with van der Waals surface area (Å²) in [6, 6.07) is 4.97. The Hall–Kier alpha value is -1.37. The van der Waals surface area contributed by atoms with Crippen molar-refractivity contribution < 1.29 is 4.92 Å². The average molecular weight is 341 g/mol. The highest BCUT2D eigenvalue weighted by Gasteiger charge is 2.25. The zero-order valence-electron chi connectivity index (χ0n) is 14.0. The summed E-state index contributed by atoms with van der Waals surface area (Å²) in [6.45, 7) is 9.52. The Morgan fingerprint density at radius 1 is 1.30 bits per heavy atom. The van der Waals surface area contributed by atoms with Crippen LogP contribution in [0.3, 0.4) is 0 Å². The van der Waals surface area contributed by atoms with E-state index in [4.69, 9.17) is 11.6 Å². The zero-order chi connectivity index (χ0) is 17.0. The van der Waals surface area contributed by atoms with Crippen molar-refractivity contribution in [3.8, 4) is 0 Å². The SMILES string of the molecule is CC(C)C(CNc1ccc([N+](=O)[O-])cc1Cl)N1CCN(C)CC1. The van der Waals surface area contributed by atoms with Crippen molar-refractivity contribution in [2.24, 2.45) is 5.92 Å². The molecule has 6 nitrogen and oxygen atoms in total. The van der Waals surface area contributed by atoms with Crippen LogP contribution < -0.4 is 5.32 Å². The van der Waals surface area contributed by atoms with Crippen LogP contribution in [0.1, 0.15) is 13.8 Å². The van der Waals surface area contributed by atoms with Gasteiger partial charge in [-0.25, -0.2) is 0 Å². The van der Waals surface area contributed by atoms with Gasteiger partial charge >= 0.3 is 0 Å². The Balaban J connectivity index is 2.00. The van der Waals surface area contributed by atoms with Gasteiger partial charge in [0.05, 0.1) is 15.6 Å². The van der Waals surface area contributed by atoms with Crippen molar-refractivity contribution in [3.05, 3.63) is 33.3 Å². The van der Waals surface area contributed by atoms with E-state index < -0.39 is 4.92 Å². The lowest BCUT2D eigenvalue weighted by Gasteiger charge is -2.40. The summed E-state index contributed by atoms with van der Waals surface area (Å²) in [4.78, 5) is 15.2. The molecule has 128 valence electrons.